The Kier molecular flexibility index (Phi) is 4.21. The van der Waals surface area contributed by atoms with Gasteiger partial charge in [-0.15, -0.1) is 11.8 Å². The largest absolute Gasteiger partial charge is 0.384 e. The quantitative estimate of drug-likeness (QED) is 0.467. The van der Waals surface area contributed by atoms with Gasteiger partial charge >= 0.3 is 0 Å². The molecule has 1 aromatic carbocycles. The lowest BCUT2D eigenvalue weighted by Gasteiger charge is -2.12. The van der Waals surface area contributed by atoms with Crippen LogP contribution in [0.5, 0.6) is 0 Å². The van der Waals surface area contributed by atoms with Crippen LogP contribution < -0.4 is 5.73 Å². The van der Waals surface area contributed by atoms with E-state index in [9.17, 15) is 0 Å². The van der Waals surface area contributed by atoms with Gasteiger partial charge in [0.05, 0.1) is 0 Å². The van der Waals surface area contributed by atoms with Crippen LogP contribution >= 0.6 is 11.8 Å². The smallest absolute Gasteiger partial charge is 0.123 e. The molecule has 2 nitrogen and oxygen atoms in total. The van der Waals surface area contributed by atoms with Crippen LogP contribution in [0.4, 0.5) is 0 Å². The summed E-state index contributed by atoms with van der Waals surface area (Å²) in [5.74, 6) is 0.154. The van der Waals surface area contributed by atoms with Crippen molar-refractivity contribution in [3.63, 3.8) is 0 Å². The van der Waals surface area contributed by atoms with E-state index in [1.165, 1.54) is 5.56 Å². The molecule has 0 aromatic heterocycles. The first kappa shape index (κ1) is 12.1. The van der Waals surface area contributed by atoms with Gasteiger partial charge in [0, 0.05) is 15.7 Å². The van der Waals surface area contributed by atoms with E-state index in [0.717, 1.165) is 16.9 Å². The number of benzene rings is 1. The second kappa shape index (κ2) is 5.21. The molecule has 0 aliphatic rings. The number of hydrogen-bond donors (Lipinski definition) is 2. The molecule has 0 fully saturated rings. The summed E-state index contributed by atoms with van der Waals surface area (Å²) in [6.07, 6.45) is 1.12. The molecule has 3 N–H and O–H groups in total. The number of amidine groups is 1. The van der Waals surface area contributed by atoms with Gasteiger partial charge in [-0.05, 0) is 31.0 Å². The van der Waals surface area contributed by atoms with Gasteiger partial charge in [-0.1, -0.05) is 19.9 Å². The number of nitrogens with two attached hydrogens (primary N) is 1. The molecule has 0 aliphatic carbocycles. The standard InChI is InChI=1S/C12H18N2S/c1-4-9(3)15-11-7-8(2)5-6-10(11)12(13)14/h5-7,9H,4H2,1-3H3,(H3,13,14). The van der Waals surface area contributed by atoms with Crippen LogP contribution in [0.3, 0.4) is 0 Å². The van der Waals surface area contributed by atoms with Crippen LogP contribution in [0.15, 0.2) is 23.1 Å². The number of hydrogen-bond acceptors (Lipinski definition) is 2. The summed E-state index contributed by atoms with van der Waals surface area (Å²) in [5.41, 5.74) is 7.62. The second-order valence-electron chi connectivity index (χ2n) is 3.75. The molecule has 1 atom stereocenters. The summed E-state index contributed by atoms with van der Waals surface area (Å²) < 4.78 is 0. The SMILES string of the molecule is CCC(C)Sc1cc(C)ccc1C(=N)N. The lowest BCUT2D eigenvalue weighted by molar-refractivity contribution is 0.905. The zero-order chi connectivity index (χ0) is 11.4. The third-order valence-corrected chi connectivity index (χ3v) is 3.66. The maximum Gasteiger partial charge on any atom is 0.123 e. The number of aryl methyl sites for hydroxylation is 1. The van der Waals surface area contributed by atoms with Gasteiger partial charge in [-0.3, -0.25) is 5.41 Å². The van der Waals surface area contributed by atoms with Crippen LogP contribution in [0, 0.1) is 12.3 Å². The van der Waals surface area contributed by atoms with Gasteiger partial charge in [-0.2, -0.15) is 0 Å². The summed E-state index contributed by atoms with van der Waals surface area (Å²) in [5, 5.41) is 8.07. The minimum Gasteiger partial charge on any atom is -0.384 e. The first-order chi connectivity index (χ1) is 7.04. The van der Waals surface area contributed by atoms with Crippen LogP contribution in [0.2, 0.25) is 0 Å². The minimum atomic E-state index is 0.154. The van der Waals surface area contributed by atoms with E-state index in [1.54, 1.807) is 11.8 Å². The topological polar surface area (TPSA) is 49.9 Å². The lowest BCUT2D eigenvalue weighted by Crippen LogP contribution is -2.13. The highest BCUT2D eigenvalue weighted by Gasteiger charge is 2.09. The number of nitrogen functional groups attached to an aromatic ring is 1. The van der Waals surface area contributed by atoms with E-state index in [0.29, 0.717) is 5.25 Å². The third-order valence-electron chi connectivity index (χ3n) is 2.33. The van der Waals surface area contributed by atoms with E-state index < -0.39 is 0 Å². The fraction of sp³-hybridized carbons (Fsp3) is 0.417. The monoisotopic (exact) mass is 222 g/mol. The Morgan fingerprint density at radius 3 is 2.73 bits per heavy atom. The van der Waals surface area contributed by atoms with Crippen molar-refractivity contribution < 1.29 is 0 Å². The molecule has 1 unspecified atom stereocenters. The molecule has 0 bridgehead atoms. The molecule has 0 saturated carbocycles. The van der Waals surface area contributed by atoms with Gasteiger partial charge < -0.3 is 5.73 Å². The fourth-order valence-electron chi connectivity index (χ4n) is 1.25. The first-order valence-electron chi connectivity index (χ1n) is 5.16. The van der Waals surface area contributed by atoms with Crippen molar-refractivity contribution in [1.29, 1.82) is 5.41 Å². The van der Waals surface area contributed by atoms with E-state index in [1.807, 2.05) is 12.1 Å². The van der Waals surface area contributed by atoms with Crippen molar-refractivity contribution >= 4 is 17.6 Å². The summed E-state index contributed by atoms with van der Waals surface area (Å²) in [4.78, 5) is 1.12. The zero-order valence-electron chi connectivity index (χ0n) is 9.50. The van der Waals surface area contributed by atoms with E-state index >= 15 is 0 Å². The van der Waals surface area contributed by atoms with E-state index in [4.69, 9.17) is 11.1 Å². The molecule has 82 valence electrons. The molecular weight excluding hydrogens is 204 g/mol. The first-order valence-corrected chi connectivity index (χ1v) is 6.04. The highest BCUT2D eigenvalue weighted by atomic mass is 32.2. The van der Waals surface area contributed by atoms with E-state index in [-0.39, 0.29) is 5.84 Å². The van der Waals surface area contributed by atoms with Crippen molar-refractivity contribution in [3.05, 3.63) is 29.3 Å². The Hall–Kier alpha value is -0.960. The Balaban J connectivity index is 3.02. The van der Waals surface area contributed by atoms with Crippen molar-refractivity contribution in [2.24, 2.45) is 5.73 Å². The average Bonchev–Trinajstić information content (AvgIpc) is 2.17. The second-order valence-corrected chi connectivity index (χ2v) is 5.23. The molecule has 1 rings (SSSR count). The molecule has 0 radical (unpaired) electrons. The van der Waals surface area contributed by atoms with Crippen molar-refractivity contribution in [3.8, 4) is 0 Å². The molecule has 3 heteroatoms. The van der Waals surface area contributed by atoms with Crippen LogP contribution in [0.1, 0.15) is 31.4 Å². The molecule has 0 heterocycles. The average molecular weight is 222 g/mol. The van der Waals surface area contributed by atoms with Gasteiger partial charge in [-0.25, -0.2) is 0 Å². The Labute approximate surface area is 95.8 Å². The minimum absolute atomic E-state index is 0.154. The Morgan fingerprint density at radius 1 is 1.53 bits per heavy atom. The zero-order valence-corrected chi connectivity index (χ0v) is 10.3. The molecule has 0 spiro atoms. The maximum atomic E-state index is 7.51. The summed E-state index contributed by atoms with van der Waals surface area (Å²) in [7, 11) is 0. The molecule has 15 heavy (non-hydrogen) atoms. The number of rotatable bonds is 4. The predicted molar refractivity (Wildman–Crippen MR) is 67.8 cm³/mol. The molecule has 0 aliphatic heterocycles. The van der Waals surface area contributed by atoms with E-state index in [2.05, 4.69) is 26.8 Å². The van der Waals surface area contributed by atoms with Gasteiger partial charge in [0.2, 0.25) is 0 Å². The van der Waals surface area contributed by atoms with Gasteiger partial charge in [0.1, 0.15) is 5.84 Å². The van der Waals surface area contributed by atoms with Crippen molar-refractivity contribution in [2.45, 2.75) is 37.3 Å². The molecular formula is C12H18N2S. The van der Waals surface area contributed by atoms with Crippen molar-refractivity contribution in [1.82, 2.24) is 0 Å². The molecule has 1 aromatic rings. The number of thioether (sulfide) groups is 1. The van der Waals surface area contributed by atoms with Crippen LogP contribution in [-0.2, 0) is 0 Å². The Bertz CT molecular complexity index is 361. The maximum absolute atomic E-state index is 7.51. The summed E-state index contributed by atoms with van der Waals surface area (Å²) in [6.45, 7) is 6.42. The Morgan fingerprint density at radius 2 is 2.20 bits per heavy atom. The fourth-order valence-corrected chi connectivity index (χ4v) is 2.41. The van der Waals surface area contributed by atoms with Crippen LogP contribution in [-0.4, -0.2) is 11.1 Å². The summed E-state index contributed by atoms with van der Waals surface area (Å²) >= 11 is 1.79. The lowest BCUT2D eigenvalue weighted by atomic mass is 10.1. The summed E-state index contributed by atoms with van der Waals surface area (Å²) in [6, 6.07) is 6.04. The molecule has 0 amide bonds. The predicted octanol–water partition coefficient (Wildman–Crippen LogP) is 3.17. The third kappa shape index (κ3) is 3.27. The van der Waals surface area contributed by atoms with Crippen molar-refractivity contribution in [2.75, 3.05) is 0 Å². The highest BCUT2D eigenvalue weighted by molar-refractivity contribution is 8.00. The van der Waals surface area contributed by atoms with Gasteiger partial charge in [0.15, 0.2) is 0 Å². The normalized spacial score (nSPS) is 12.5. The van der Waals surface area contributed by atoms with Gasteiger partial charge in [0.25, 0.3) is 0 Å². The van der Waals surface area contributed by atoms with Crippen LogP contribution in [0.25, 0.3) is 0 Å². The molecule has 0 saturated heterocycles. The number of nitrogens with one attached hydrogen (secondary N) is 1. The highest BCUT2D eigenvalue weighted by Crippen LogP contribution is 2.29.